The summed E-state index contributed by atoms with van der Waals surface area (Å²) in [6.45, 7) is 2.25. The highest BCUT2D eigenvalue weighted by Gasteiger charge is 2.34. The third kappa shape index (κ3) is 10.6. The van der Waals surface area contributed by atoms with E-state index in [1.165, 1.54) is 64.2 Å². The maximum atomic E-state index is 10.4. The summed E-state index contributed by atoms with van der Waals surface area (Å²) in [6, 6.07) is 0. The number of hydrogen-bond donors (Lipinski definition) is 1. The molecule has 1 aliphatic rings. The highest BCUT2D eigenvalue weighted by Crippen LogP contribution is 2.45. The molecule has 2 heteroatoms. The Kier molecular flexibility index (Phi) is 10.3. The van der Waals surface area contributed by atoms with Crippen molar-refractivity contribution in [3.05, 3.63) is 12.2 Å². The fourth-order valence-electron chi connectivity index (χ4n) is 3.07. The number of hydrogen-bond acceptors (Lipinski definition) is 1. The molecular formula is C19H34O2. The van der Waals surface area contributed by atoms with E-state index in [-0.39, 0.29) is 0 Å². The van der Waals surface area contributed by atoms with Gasteiger partial charge in [-0.3, -0.25) is 4.79 Å². The van der Waals surface area contributed by atoms with Gasteiger partial charge in [-0.15, -0.1) is 0 Å². The average Bonchev–Trinajstić information content (AvgIpc) is 3.20. The van der Waals surface area contributed by atoms with Gasteiger partial charge in [0.2, 0.25) is 0 Å². The molecule has 0 spiro atoms. The molecule has 2 atom stereocenters. The number of allylic oxidation sites excluding steroid dienone is 2. The predicted molar refractivity (Wildman–Crippen MR) is 89.5 cm³/mol. The Morgan fingerprint density at radius 2 is 1.76 bits per heavy atom. The number of carboxylic acid groups (broad SMARTS) is 1. The SMILES string of the molecule is CCCCCC=CCC1CC1CCCCCCCC(=O)O. The molecule has 1 fully saturated rings. The van der Waals surface area contributed by atoms with Gasteiger partial charge in [-0.2, -0.15) is 0 Å². The van der Waals surface area contributed by atoms with E-state index >= 15 is 0 Å². The second-order valence-corrected chi connectivity index (χ2v) is 6.66. The van der Waals surface area contributed by atoms with Crippen LogP contribution in [0.3, 0.4) is 0 Å². The van der Waals surface area contributed by atoms with E-state index < -0.39 is 5.97 Å². The summed E-state index contributed by atoms with van der Waals surface area (Å²) in [5.41, 5.74) is 0. The summed E-state index contributed by atoms with van der Waals surface area (Å²) >= 11 is 0. The van der Waals surface area contributed by atoms with Gasteiger partial charge in [0.1, 0.15) is 0 Å². The Hall–Kier alpha value is -0.790. The Balaban J connectivity index is 1.83. The molecule has 0 aromatic heterocycles. The molecule has 0 saturated heterocycles. The third-order valence-electron chi connectivity index (χ3n) is 4.61. The average molecular weight is 294 g/mol. The Bertz CT molecular complexity index is 296. The van der Waals surface area contributed by atoms with Crippen molar-refractivity contribution in [2.45, 2.75) is 90.4 Å². The zero-order valence-electron chi connectivity index (χ0n) is 13.9. The number of rotatable bonds is 14. The third-order valence-corrected chi connectivity index (χ3v) is 4.61. The van der Waals surface area contributed by atoms with Crippen molar-refractivity contribution in [3.8, 4) is 0 Å². The molecule has 1 rings (SSSR count). The lowest BCUT2D eigenvalue weighted by atomic mass is 10.1. The summed E-state index contributed by atoms with van der Waals surface area (Å²) < 4.78 is 0. The van der Waals surface area contributed by atoms with Gasteiger partial charge in [-0.05, 0) is 43.9 Å². The Morgan fingerprint density at radius 1 is 1.00 bits per heavy atom. The molecule has 0 amide bonds. The second kappa shape index (κ2) is 11.8. The summed E-state index contributed by atoms with van der Waals surface area (Å²) in [5, 5.41) is 8.55. The molecule has 2 unspecified atom stereocenters. The first-order valence-corrected chi connectivity index (χ1v) is 9.10. The van der Waals surface area contributed by atoms with Crippen molar-refractivity contribution in [1.82, 2.24) is 0 Å². The van der Waals surface area contributed by atoms with Crippen LogP contribution in [0.2, 0.25) is 0 Å². The lowest BCUT2D eigenvalue weighted by Gasteiger charge is -2.00. The molecule has 21 heavy (non-hydrogen) atoms. The normalized spacial score (nSPS) is 21.0. The van der Waals surface area contributed by atoms with Crippen LogP contribution >= 0.6 is 0 Å². The molecule has 0 heterocycles. The van der Waals surface area contributed by atoms with Crippen LogP contribution in [-0.2, 0) is 4.79 Å². The van der Waals surface area contributed by atoms with Crippen molar-refractivity contribution in [2.24, 2.45) is 11.8 Å². The van der Waals surface area contributed by atoms with Crippen LogP contribution in [0.5, 0.6) is 0 Å². The van der Waals surface area contributed by atoms with E-state index in [0.717, 1.165) is 24.7 Å². The van der Waals surface area contributed by atoms with Crippen molar-refractivity contribution >= 4 is 5.97 Å². The van der Waals surface area contributed by atoms with Crippen LogP contribution < -0.4 is 0 Å². The fourth-order valence-corrected chi connectivity index (χ4v) is 3.07. The zero-order chi connectivity index (χ0) is 15.3. The number of aliphatic carboxylic acids is 1. The van der Waals surface area contributed by atoms with E-state index in [1.54, 1.807) is 0 Å². The fraction of sp³-hybridized carbons (Fsp3) is 0.842. The highest BCUT2D eigenvalue weighted by atomic mass is 16.4. The number of carbonyl (C=O) groups is 1. The van der Waals surface area contributed by atoms with Crippen LogP contribution in [0, 0.1) is 11.8 Å². The molecule has 122 valence electrons. The molecule has 0 aromatic rings. The monoisotopic (exact) mass is 294 g/mol. The topological polar surface area (TPSA) is 37.3 Å². The van der Waals surface area contributed by atoms with Gasteiger partial charge in [0.25, 0.3) is 0 Å². The second-order valence-electron chi connectivity index (χ2n) is 6.66. The molecule has 1 N–H and O–H groups in total. The van der Waals surface area contributed by atoms with Gasteiger partial charge in [0, 0.05) is 6.42 Å². The van der Waals surface area contributed by atoms with Gasteiger partial charge < -0.3 is 5.11 Å². The van der Waals surface area contributed by atoms with E-state index in [0.29, 0.717) is 6.42 Å². The van der Waals surface area contributed by atoms with E-state index in [4.69, 9.17) is 5.11 Å². The largest absolute Gasteiger partial charge is 0.481 e. The molecular weight excluding hydrogens is 260 g/mol. The van der Waals surface area contributed by atoms with Crippen molar-refractivity contribution in [1.29, 1.82) is 0 Å². The molecule has 0 aromatic carbocycles. The minimum absolute atomic E-state index is 0.343. The van der Waals surface area contributed by atoms with Crippen molar-refractivity contribution < 1.29 is 9.90 Å². The van der Waals surface area contributed by atoms with Gasteiger partial charge in [0.05, 0.1) is 0 Å². The standard InChI is InChI=1S/C19H34O2/c1-2-3-4-5-7-10-13-17-16-18(17)14-11-8-6-9-12-15-19(20)21/h7,10,17-18H,2-6,8-9,11-16H2,1H3,(H,20,21). The number of carboxylic acids is 1. The van der Waals surface area contributed by atoms with Crippen molar-refractivity contribution in [3.63, 3.8) is 0 Å². The molecule has 1 saturated carbocycles. The van der Waals surface area contributed by atoms with E-state index in [2.05, 4.69) is 19.1 Å². The maximum Gasteiger partial charge on any atom is 0.303 e. The van der Waals surface area contributed by atoms with E-state index in [1.807, 2.05) is 0 Å². The van der Waals surface area contributed by atoms with Gasteiger partial charge in [0.15, 0.2) is 0 Å². The molecule has 0 radical (unpaired) electrons. The van der Waals surface area contributed by atoms with E-state index in [9.17, 15) is 4.79 Å². The summed E-state index contributed by atoms with van der Waals surface area (Å²) in [7, 11) is 0. The van der Waals surface area contributed by atoms with Crippen LogP contribution in [0.25, 0.3) is 0 Å². The van der Waals surface area contributed by atoms with Crippen LogP contribution in [0.4, 0.5) is 0 Å². The Morgan fingerprint density at radius 3 is 2.52 bits per heavy atom. The van der Waals surface area contributed by atoms with Crippen LogP contribution in [-0.4, -0.2) is 11.1 Å². The molecule has 0 bridgehead atoms. The lowest BCUT2D eigenvalue weighted by Crippen LogP contribution is -1.93. The number of unbranched alkanes of at least 4 members (excludes halogenated alkanes) is 7. The summed E-state index contributed by atoms with van der Waals surface area (Å²) in [5.74, 6) is 1.31. The van der Waals surface area contributed by atoms with Crippen LogP contribution in [0.15, 0.2) is 12.2 Å². The highest BCUT2D eigenvalue weighted by molar-refractivity contribution is 5.66. The van der Waals surface area contributed by atoms with Crippen molar-refractivity contribution in [2.75, 3.05) is 0 Å². The lowest BCUT2D eigenvalue weighted by molar-refractivity contribution is -0.137. The van der Waals surface area contributed by atoms with Gasteiger partial charge in [-0.1, -0.05) is 64.0 Å². The summed E-state index contributed by atoms with van der Waals surface area (Å²) in [6.07, 6.45) is 20.3. The molecule has 1 aliphatic carbocycles. The quantitative estimate of drug-likeness (QED) is 0.317. The van der Waals surface area contributed by atoms with Crippen LogP contribution in [0.1, 0.15) is 90.4 Å². The minimum Gasteiger partial charge on any atom is -0.481 e. The summed E-state index contributed by atoms with van der Waals surface area (Å²) in [4.78, 5) is 10.4. The first-order chi connectivity index (χ1) is 10.2. The molecule has 2 nitrogen and oxygen atoms in total. The van der Waals surface area contributed by atoms with Gasteiger partial charge >= 0.3 is 5.97 Å². The molecule has 0 aliphatic heterocycles. The first-order valence-electron chi connectivity index (χ1n) is 9.10. The maximum absolute atomic E-state index is 10.4. The minimum atomic E-state index is -0.654. The first kappa shape index (κ1) is 18.3. The zero-order valence-corrected chi connectivity index (χ0v) is 13.9. The predicted octanol–water partition coefficient (Wildman–Crippen LogP) is 5.96. The van der Waals surface area contributed by atoms with Gasteiger partial charge in [-0.25, -0.2) is 0 Å². The Labute approximate surface area is 131 Å². The smallest absolute Gasteiger partial charge is 0.303 e.